The number of aliphatic hydroxyl groups excluding tert-OH is 1. The van der Waals surface area contributed by atoms with Gasteiger partial charge in [-0.05, 0) is 6.42 Å². The first kappa shape index (κ1) is 12.9. The summed E-state index contributed by atoms with van der Waals surface area (Å²) in [4.78, 5) is 0. The van der Waals surface area contributed by atoms with Crippen molar-refractivity contribution in [3.8, 4) is 0 Å². The van der Waals surface area contributed by atoms with E-state index in [4.69, 9.17) is 0 Å². The molecule has 0 saturated heterocycles. The Kier molecular flexibility index (Phi) is 6.33. The first-order valence-electron chi connectivity index (χ1n) is 4.81. The van der Waals surface area contributed by atoms with Crippen molar-refractivity contribution in [1.29, 1.82) is 0 Å². The molecule has 4 heteroatoms. The Morgan fingerprint density at radius 1 is 1.23 bits per heavy atom. The molecule has 0 aliphatic heterocycles. The third kappa shape index (κ3) is 9.83. The molecule has 0 saturated carbocycles. The fraction of sp³-hybridized carbons (Fsp3) is 1.00. The van der Waals surface area contributed by atoms with Crippen LogP contribution in [0.4, 0.5) is 0 Å². The van der Waals surface area contributed by atoms with Crippen LogP contribution in [0.2, 0.25) is 0 Å². The third-order valence-corrected chi connectivity index (χ3v) is 2.88. The van der Waals surface area contributed by atoms with Gasteiger partial charge >= 0.3 is 0 Å². The molecule has 0 aromatic rings. The van der Waals surface area contributed by atoms with Crippen LogP contribution >= 0.6 is 0 Å². The van der Waals surface area contributed by atoms with Gasteiger partial charge in [-0.25, -0.2) is 8.42 Å². The molecule has 3 nitrogen and oxygen atoms in total. The van der Waals surface area contributed by atoms with Crippen LogP contribution in [-0.4, -0.2) is 31.6 Å². The summed E-state index contributed by atoms with van der Waals surface area (Å²) in [5, 5.41) is 9.30. The van der Waals surface area contributed by atoms with Gasteiger partial charge in [0.15, 0.2) is 0 Å². The van der Waals surface area contributed by atoms with Crippen LogP contribution < -0.4 is 0 Å². The quantitative estimate of drug-likeness (QED) is 0.643. The molecule has 0 radical (unpaired) electrons. The van der Waals surface area contributed by atoms with Gasteiger partial charge in [0, 0.05) is 6.26 Å². The van der Waals surface area contributed by atoms with Crippen LogP contribution in [0.1, 0.15) is 39.0 Å². The van der Waals surface area contributed by atoms with Gasteiger partial charge in [-0.1, -0.05) is 32.6 Å². The summed E-state index contributed by atoms with van der Waals surface area (Å²) in [6, 6.07) is 0. The zero-order chi connectivity index (χ0) is 10.3. The summed E-state index contributed by atoms with van der Waals surface area (Å²) in [7, 11) is -3.02. The topological polar surface area (TPSA) is 54.4 Å². The third-order valence-electron chi connectivity index (χ3n) is 1.89. The summed E-state index contributed by atoms with van der Waals surface area (Å²) < 4.78 is 21.5. The van der Waals surface area contributed by atoms with E-state index in [1.165, 1.54) is 0 Å². The molecule has 0 bridgehead atoms. The molecule has 13 heavy (non-hydrogen) atoms. The molecule has 0 aromatic heterocycles. The van der Waals surface area contributed by atoms with Crippen molar-refractivity contribution in [3.05, 3.63) is 0 Å². The van der Waals surface area contributed by atoms with Crippen LogP contribution in [0, 0.1) is 0 Å². The lowest BCUT2D eigenvalue weighted by Crippen LogP contribution is -2.19. The van der Waals surface area contributed by atoms with E-state index < -0.39 is 15.9 Å². The van der Waals surface area contributed by atoms with Gasteiger partial charge in [-0.2, -0.15) is 0 Å². The lowest BCUT2D eigenvalue weighted by Gasteiger charge is -2.08. The monoisotopic (exact) mass is 208 g/mol. The van der Waals surface area contributed by atoms with Crippen LogP contribution in [-0.2, 0) is 9.84 Å². The van der Waals surface area contributed by atoms with Crippen LogP contribution in [0.15, 0.2) is 0 Å². The maximum Gasteiger partial charge on any atom is 0.149 e. The molecular weight excluding hydrogens is 188 g/mol. The lowest BCUT2D eigenvalue weighted by atomic mass is 10.1. The van der Waals surface area contributed by atoms with E-state index in [-0.39, 0.29) is 5.75 Å². The Bertz CT molecular complexity index is 209. The molecule has 1 atom stereocenters. The number of hydrogen-bond acceptors (Lipinski definition) is 3. The Hall–Kier alpha value is -0.0900. The Morgan fingerprint density at radius 3 is 2.31 bits per heavy atom. The lowest BCUT2D eigenvalue weighted by molar-refractivity contribution is 0.183. The van der Waals surface area contributed by atoms with Crippen LogP contribution in [0.3, 0.4) is 0 Å². The normalized spacial score (nSPS) is 14.4. The van der Waals surface area contributed by atoms with E-state index in [0.29, 0.717) is 6.42 Å². The minimum Gasteiger partial charge on any atom is -0.392 e. The molecule has 1 unspecified atom stereocenters. The molecule has 80 valence electrons. The SMILES string of the molecule is CCCCCCC(O)CS(C)(=O)=O. The number of sulfone groups is 1. The van der Waals surface area contributed by atoms with Crippen molar-refractivity contribution in [2.45, 2.75) is 45.1 Å². The van der Waals surface area contributed by atoms with Gasteiger partial charge in [0.2, 0.25) is 0 Å². The number of rotatable bonds is 7. The highest BCUT2D eigenvalue weighted by Gasteiger charge is 2.11. The van der Waals surface area contributed by atoms with E-state index in [2.05, 4.69) is 6.92 Å². The second-order valence-electron chi connectivity index (χ2n) is 3.60. The van der Waals surface area contributed by atoms with Gasteiger partial charge in [0.1, 0.15) is 9.84 Å². The Morgan fingerprint density at radius 2 is 1.85 bits per heavy atom. The van der Waals surface area contributed by atoms with E-state index in [0.717, 1.165) is 31.9 Å². The minimum atomic E-state index is -3.02. The fourth-order valence-electron chi connectivity index (χ4n) is 1.24. The second-order valence-corrected chi connectivity index (χ2v) is 5.78. The summed E-state index contributed by atoms with van der Waals surface area (Å²) in [6.45, 7) is 2.12. The molecule has 0 aliphatic rings. The highest BCUT2D eigenvalue weighted by atomic mass is 32.2. The molecule has 0 amide bonds. The standard InChI is InChI=1S/C9H20O3S/c1-3-4-5-6-7-9(10)8-13(2,11)12/h9-10H,3-8H2,1-2H3. The molecule has 0 fully saturated rings. The largest absolute Gasteiger partial charge is 0.392 e. The maximum atomic E-state index is 10.8. The van der Waals surface area contributed by atoms with Gasteiger partial charge < -0.3 is 5.11 Å². The van der Waals surface area contributed by atoms with E-state index in [9.17, 15) is 13.5 Å². The molecule has 0 rings (SSSR count). The van der Waals surface area contributed by atoms with Crippen molar-refractivity contribution < 1.29 is 13.5 Å². The molecule has 0 spiro atoms. The van der Waals surface area contributed by atoms with Gasteiger partial charge in [-0.15, -0.1) is 0 Å². The summed E-state index contributed by atoms with van der Waals surface area (Å²) in [5.74, 6) is -0.0981. The van der Waals surface area contributed by atoms with Crippen LogP contribution in [0.25, 0.3) is 0 Å². The average Bonchev–Trinajstić information content (AvgIpc) is 1.94. The van der Waals surface area contributed by atoms with Crippen molar-refractivity contribution in [1.82, 2.24) is 0 Å². The highest BCUT2D eigenvalue weighted by Crippen LogP contribution is 2.06. The smallest absolute Gasteiger partial charge is 0.149 e. The Labute approximate surface area is 81.1 Å². The Balaban J connectivity index is 3.47. The zero-order valence-corrected chi connectivity index (χ0v) is 9.31. The second kappa shape index (κ2) is 6.38. The predicted molar refractivity (Wildman–Crippen MR) is 54.5 cm³/mol. The molecule has 0 aliphatic carbocycles. The fourth-order valence-corrected chi connectivity index (χ4v) is 2.11. The predicted octanol–water partition coefficient (Wildman–Crippen LogP) is 1.36. The summed E-state index contributed by atoms with van der Waals surface area (Å²) >= 11 is 0. The molecule has 0 heterocycles. The number of aliphatic hydroxyl groups is 1. The number of hydrogen-bond donors (Lipinski definition) is 1. The van der Waals surface area contributed by atoms with Gasteiger partial charge in [0.25, 0.3) is 0 Å². The first-order valence-corrected chi connectivity index (χ1v) is 6.87. The van der Waals surface area contributed by atoms with Gasteiger partial charge in [-0.3, -0.25) is 0 Å². The van der Waals surface area contributed by atoms with E-state index in [1.54, 1.807) is 0 Å². The van der Waals surface area contributed by atoms with Crippen molar-refractivity contribution >= 4 is 9.84 Å². The minimum absolute atomic E-state index is 0.0981. The average molecular weight is 208 g/mol. The summed E-state index contributed by atoms with van der Waals surface area (Å²) in [5.41, 5.74) is 0. The highest BCUT2D eigenvalue weighted by molar-refractivity contribution is 7.90. The van der Waals surface area contributed by atoms with E-state index in [1.807, 2.05) is 0 Å². The van der Waals surface area contributed by atoms with Gasteiger partial charge in [0.05, 0.1) is 11.9 Å². The molecule has 1 N–H and O–H groups in total. The zero-order valence-electron chi connectivity index (χ0n) is 8.49. The van der Waals surface area contributed by atoms with Crippen molar-refractivity contribution in [2.75, 3.05) is 12.0 Å². The van der Waals surface area contributed by atoms with Crippen molar-refractivity contribution in [2.24, 2.45) is 0 Å². The van der Waals surface area contributed by atoms with E-state index >= 15 is 0 Å². The molecule has 0 aromatic carbocycles. The first-order chi connectivity index (χ1) is 5.95. The van der Waals surface area contributed by atoms with Crippen LogP contribution in [0.5, 0.6) is 0 Å². The molecular formula is C9H20O3S. The summed E-state index contributed by atoms with van der Waals surface area (Å²) in [6.07, 6.45) is 5.40. The van der Waals surface area contributed by atoms with Crippen molar-refractivity contribution in [3.63, 3.8) is 0 Å². The number of unbranched alkanes of at least 4 members (excludes halogenated alkanes) is 3. The maximum absolute atomic E-state index is 10.8.